The third-order valence-electron chi connectivity index (χ3n) is 5.22. The number of nitrogens with zero attached hydrogens (tertiary/aromatic N) is 3. The first-order chi connectivity index (χ1) is 12.8. The van der Waals surface area contributed by atoms with Gasteiger partial charge in [0.15, 0.2) is 0 Å². The second-order valence-corrected chi connectivity index (χ2v) is 9.96. The second kappa shape index (κ2) is 8.28. The standard InChI is InChI=1S/C18H24BrN3O4S/c1-27(25,26)22-11-9-21(10-12-22)17(23)14-5-7-20(8-6-14)18(24)15-3-2-4-16(19)13-15/h2-4,13-14H,5-12H2,1H3. The summed E-state index contributed by atoms with van der Waals surface area (Å²) in [6.45, 7) is 2.69. The second-order valence-electron chi connectivity index (χ2n) is 7.06. The van der Waals surface area contributed by atoms with Gasteiger partial charge >= 0.3 is 0 Å². The molecule has 2 heterocycles. The zero-order valence-electron chi connectivity index (χ0n) is 15.3. The van der Waals surface area contributed by atoms with E-state index in [0.29, 0.717) is 57.7 Å². The molecule has 9 heteroatoms. The number of benzene rings is 1. The summed E-state index contributed by atoms with van der Waals surface area (Å²) < 4.78 is 25.4. The first-order valence-electron chi connectivity index (χ1n) is 9.04. The lowest BCUT2D eigenvalue weighted by Gasteiger charge is -2.37. The molecule has 0 N–H and O–H groups in total. The van der Waals surface area contributed by atoms with Crippen molar-refractivity contribution in [1.29, 1.82) is 0 Å². The molecular weight excluding hydrogens is 434 g/mol. The van der Waals surface area contributed by atoms with Crippen molar-refractivity contribution in [2.45, 2.75) is 12.8 Å². The molecule has 0 aliphatic carbocycles. The molecular formula is C18H24BrN3O4S. The van der Waals surface area contributed by atoms with Crippen molar-refractivity contribution < 1.29 is 18.0 Å². The fourth-order valence-corrected chi connectivity index (χ4v) is 4.86. The Labute approximate surface area is 168 Å². The van der Waals surface area contributed by atoms with Gasteiger partial charge in [-0.25, -0.2) is 8.42 Å². The fourth-order valence-electron chi connectivity index (χ4n) is 3.63. The van der Waals surface area contributed by atoms with E-state index >= 15 is 0 Å². The molecule has 0 radical (unpaired) electrons. The van der Waals surface area contributed by atoms with E-state index in [9.17, 15) is 18.0 Å². The van der Waals surface area contributed by atoms with Gasteiger partial charge < -0.3 is 9.80 Å². The minimum atomic E-state index is -3.20. The largest absolute Gasteiger partial charge is 0.340 e. The number of halogens is 1. The number of hydrogen-bond acceptors (Lipinski definition) is 4. The molecule has 1 aromatic rings. The van der Waals surface area contributed by atoms with Crippen molar-refractivity contribution >= 4 is 37.8 Å². The summed E-state index contributed by atoms with van der Waals surface area (Å²) >= 11 is 3.38. The average Bonchev–Trinajstić information content (AvgIpc) is 2.66. The lowest BCUT2D eigenvalue weighted by atomic mass is 9.94. The first-order valence-corrected chi connectivity index (χ1v) is 11.7. The lowest BCUT2D eigenvalue weighted by molar-refractivity contribution is -0.138. The molecule has 0 spiro atoms. The highest BCUT2D eigenvalue weighted by Gasteiger charge is 2.33. The maximum Gasteiger partial charge on any atom is 0.253 e. The van der Waals surface area contributed by atoms with Crippen LogP contribution in [0, 0.1) is 5.92 Å². The summed E-state index contributed by atoms with van der Waals surface area (Å²) in [6, 6.07) is 7.32. The number of likely N-dealkylation sites (tertiary alicyclic amines) is 1. The highest BCUT2D eigenvalue weighted by molar-refractivity contribution is 9.10. The van der Waals surface area contributed by atoms with Gasteiger partial charge in [0.2, 0.25) is 15.9 Å². The Morgan fingerprint density at radius 3 is 2.19 bits per heavy atom. The first kappa shape index (κ1) is 20.3. The van der Waals surface area contributed by atoms with Gasteiger partial charge in [0.05, 0.1) is 6.26 Å². The SMILES string of the molecule is CS(=O)(=O)N1CCN(C(=O)C2CCN(C(=O)c3cccc(Br)c3)CC2)CC1. The van der Waals surface area contributed by atoms with Crippen LogP contribution in [0.5, 0.6) is 0 Å². The molecule has 2 saturated heterocycles. The molecule has 2 aliphatic rings. The summed E-state index contributed by atoms with van der Waals surface area (Å²) in [5.74, 6) is -0.0250. The molecule has 27 heavy (non-hydrogen) atoms. The molecule has 2 fully saturated rings. The van der Waals surface area contributed by atoms with Gasteiger partial charge in [-0.15, -0.1) is 0 Å². The molecule has 0 atom stereocenters. The summed E-state index contributed by atoms with van der Waals surface area (Å²) in [6.07, 6.45) is 2.48. The Kier molecular flexibility index (Phi) is 6.22. The number of hydrogen-bond donors (Lipinski definition) is 0. The summed E-state index contributed by atoms with van der Waals surface area (Å²) in [5.41, 5.74) is 0.644. The van der Waals surface area contributed by atoms with Gasteiger partial charge in [-0.1, -0.05) is 22.0 Å². The number of piperidine rings is 1. The van der Waals surface area contributed by atoms with Crippen molar-refractivity contribution in [3.63, 3.8) is 0 Å². The van der Waals surface area contributed by atoms with Crippen LogP contribution >= 0.6 is 15.9 Å². The van der Waals surface area contributed by atoms with E-state index in [2.05, 4.69) is 15.9 Å². The zero-order valence-corrected chi connectivity index (χ0v) is 17.7. The van der Waals surface area contributed by atoms with E-state index in [-0.39, 0.29) is 17.7 Å². The van der Waals surface area contributed by atoms with Gasteiger partial charge in [-0.05, 0) is 31.0 Å². The topological polar surface area (TPSA) is 78.0 Å². The quantitative estimate of drug-likeness (QED) is 0.687. The summed E-state index contributed by atoms with van der Waals surface area (Å²) in [5, 5.41) is 0. The molecule has 148 valence electrons. The summed E-state index contributed by atoms with van der Waals surface area (Å²) in [7, 11) is -3.20. The van der Waals surface area contributed by atoms with E-state index in [4.69, 9.17) is 0 Å². The van der Waals surface area contributed by atoms with Gasteiger partial charge in [0, 0.05) is 55.2 Å². The third kappa shape index (κ3) is 4.89. The molecule has 3 rings (SSSR count). The number of sulfonamides is 1. The maximum absolute atomic E-state index is 12.7. The number of carbonyl (C=O) groups is 2. The smallest absolute Gasteiger partial charge is 0.253 e. The minimum absolute atomic E-state index is 0.0102. The molecule has 1 aromatic carbocycles. The Bertz CT molecular complexity index is 814. The van der Waals surface area contributed by atoms with Gasteiger partial charge in [-0.3, -0.25) is 9.59 Å². The van der Waals surface area contributed by atoms with Crippen molar-refractivity contribution in [3.05, 3.63) is 34.3 Å². The molecule has 0 bridgehead atoms. The molecule has 2 aliphatic heterocycles. The average molecular weight is 458 g/mol. The van der Waals surface area contributed by atoms with Crippen LogP contribution in [-0.4, -0.2) is 79.9 Å². The fraction of sp³-hybridized carbons (Fsp3) is 0.556. The molecule has 0 unspecified atom stereocenters. The Morgan fingerprint density at radius 2 is 1.63 bits per heavy atom. The van der Waals surface area contributed by atoms with Crippen LogP contribution < -0.4 is 0 Å². The van der Waals surface area contributed by atoms with Crippen LogP contribution in [0.1, 0.15) is 23.2 Å². The van der Waals surface area contributed by atoms with Crippen molar-refractivity contribution in [2.24, 2.45) is 5.92 Å². The summed E-state index contributed by atoms with van der Waals surface area (Å²) in [4.78, 5) is 28.9. The van der Waals surface area contributed by atoms with Crippen LogP contribution in [-0.2, 0) is 14.8 Å². The molecule has 0 aromatic heterocycles. The zero-order chi connectivity index (χ0) is 19.6. The number of piperazine rings is 1. The van der Waals surface area contributed by atoms with E-state index < -0.39 is 10.0 Å². The molecule has 0 saturated carbocycles. The molecule has 7 nitrogen and oxygen atoms in total. The van der Waals surface area contributed by atoms with E-state index in [1.54, 1.807) is 21.9 Å². The van der Waals surface area contributed by atoms with Crippen molar-refractivity contribution in [3.8, 4) is 0 Å². The van der Waals surface area contributed by atoms with E-state index in [1.165, 1.54) is 10.6 Å². The number of amides is 2. The van der Waals surface area contributed by atoms with Gasteiger partial charge in [0.25, 0.3) is 5.91 Å². The Balaban J connectivity index is 1.52. The van der Waals surface area contributed by atoms with Crippen molar-refractivity contribution in [1.82, 2.24) is 14.1 Å². The highest BCUT2D eigenvalue weighted by atomic mass is 79.9. The van der Waals surface area contributed by atoms with Crippen LogP contribution in [0.25, 0.3) is 0 Å². The van der Waals surface area contributed by atoms with Gasteiger partial charge in [0.1, 0.15) is 0 Å². The minimum Gasteiger partial charge on any atom is -0.340 e. The van der Waals surface area contributed by atoms with E-state index in [0.717, 1.165) is 4.47 Å². The van der Waals surface area contributed by atoms with Crippen molar-refractivity contribution in [2.75, 3.05) is 45.5 Å². The monoisotopic (exact) mass is 457 g/mol. The Morgan fingerprint density at radius 1 is 1.00 bits per heavy atom. The lowest BCUT2D eigenvalue weighted by Crippen LogP contribution is -2.52. The number of rotatable bonds is 3. The Hall–Kier alpha value is -1.45. The maximum atomic E-state index is 12.7. The van der Waals surface area contributed by atoms with Crippen LogP contribution in [0.4, 0.5) is 0 Å². The third-order valence-corrected chi connectivity index (χ3v) is 7.02. The highest BCUT2D eigenvalue weighted by Crippen LogP contribution is 2.23. The predicted octanol–water partition coefficient (Wildman–Crippen LogP) is 1.41. The van der Waals surface area contributed by atoms with Gasteiger partial charge in [-0.2, -0.15) is 4.31 Å². The van der Waals surface area contributed by atoms with Crippen LogP contribution in [0.15, 0.2) is 28.7 Å². The predicted molar refractivity (Wildman–Crippen MR) is 106 cm³/mol. The van der Waals surface area contributed by atoms with Crippen LogP contribution in [0.2, 0.25) is 0 Å². The van der Waals surface area contributed by atoms with Crippen LogP contribution in [0.3, 0.4) is 0 Å². The van der Waals surface area contributed by atoms with E-state index in [1.807, 2.05) is 12.1 Å². The number of carbonyl (C=O) groups excluding carboxylic acids is 2. The molecule has 2 amide bonds. The normalized spacial score (nSPS) is 19.9.